The highest BCUT2D eigenvalue weighted by atomic mass is 35.5. The molecule has 0 heterocycles. The molecule has 0 bridgehead atoms. The van der Waals surface area contributed by atoms with Gasteiger partial charge in [0.1, 0.15) is 0 Å². The van der Waals surface area contributed by atoms with Crippen LogP contribution in [0.25, 0.3) is 11.1 Å². The van der Waals surface area contributed by atoms with Gasteiger partial charge in [-0.15, -0.1) is 12.4 Å². The standard InChI is InChI=1S/C13H10N2O2.ClH/c14-13-11-4-2-1-3-9(11)10-6-5-8(15(16)17)7-12(10)13;/h1-7,13H,14H2;1H. The molecule has 0 saturated heterocycles. The molecule has 3 rings (SSSR count). The van der Waals surface area contributed by atoms with E-state index in [4.69, 9.17) is 5.73 Å². The third-order valence-electron chi connectivity index (χ3n) is 3.17. The number of non-ortho nitro benzene ring substituents is 1. The van der Waals surface area contributed by atoms with Crippen LogP contribution in [-0.2, 0) is 0 Å². The molecule has 1 aliphatic carbocycles. The Bertz CT molecular complexity index is 628. The topological polar surface area (TPSA) is 69.2 Å². The number of rotatable bonds is 1. The van der Waals surface area contributed by atoms with Crippen LogP contribution in [0.1, 0.15) is 17.2 Å². The third kappa shape index (κ3) is 1.66. The molecule has 4 nitrogen and oxygen atoms in total. The molecule has 92 valence electrons. The first kappa shape index (κ1) is 12.5. The van der Waals surface area contributed by atoms with E-state index in [0.29, 0.717) is 0 Å². The van der Waals surface area contributed by atoms with Gasteiger partial charge in [0.25, 0.3) is 5.69 Å². The van der Waals surface area contributed by atoms with Crippen molar-refractivity contribution in [2.45, 2.75) is 6.04 Å². The first-order chi connectivity index (χ1) is 8.18. The summed E-state index contributed by atoms with van der Waals surface area (Å²) in [7, 11) is 0. The summed E-state index contributed by atoms with van der Waals surface area (Å²) < 4.78 is 0. The summed E-state index contributed by atoms with van der Waals surface area (Å²) in [5.74, 6) is 0. The molecule has 0 aliphatic heterocycles. The van der Waals surface area contributed by atoms with Gasteiger partial charge in [-0.05, 0) is 28.3 Å². The molecule has 0 spiro atoms. The van der Waals surface area contributed by atoms with Crippen LogP contribution in [0.15, 0.2) is 42.5 Å². The normalized spacial score (nSPS) is 15.5. The van der Waals surface area contributed by atoms with Crippen molar-refractivity contribution in [3.05, 3.63) is 63.7 Å². The summed E-state index contributed by atoms with van der Waals surface area (Å²) in [4.78, 5) is 10.4. The van der Waals surface area contributed by atoms with Crippen LogP contribution < -0.4 is 5.73 Å². The molecule has 1 unspecified atom stereocenters. The van der Waals surface area contributed by atoms with Crippen molar-refractivity contribution in [1.82, 2.24) is 0 Å². The van der Waals surface area contributed by atoms with E-state index in [0.717, 1.165) is 22.3 Å². The lowest BCUT2D eigenvalue weighted by atomic mass is 10.1. The number of halogens is 1. The van der Waals surface area contributed by atoms with Crippen LogP contribution in [0.2, 0.25) is 0 Å². The van der Waals surface area contributed by atoms with Crippen LogP contribution >= 0.6 is 12.4 Å². The lowest BCUT2D eigenvalue weighted by Crippen LogP contribution is -2.08. The molecule has 2 aromatic carbocycles. The number of hydrogen-bond acceptors (Lipinski definition) is 3. The predicted octanol–water partition coefficient (Wildman–Crippen LogP) is 3.05. The van der Waals surface area contributed by atoms with Crippen LogP contribution in [0.4, 0.5) is 5.69 Å². The van der Waals surface area contributed by atoms with E-state index in [9.17, 15) is 10.1 Å². The van der Waals surface area contributed by atoms with Crippen molar-refractivity contribution in [2.75, 3.05) is 0 Å². The van der Waals surface area contributed by atoms with Crippen LogP contribution in [-0.4, -0.2) is 4.92 Å². The molecule has 5 heteroatoms. The predicted molar refractivity (Wildman–Crippen MR) is 71.8 cm³/mol. The molecule has 1 aliphatic rings. The van der Waals surface area contributed by atoms with E-state index in [1.807, 2.05) is 24.3 Å². The monoisotopic (exact) mass is 262 g/mol. The van der Waals surface area contributed by atoms with Crippen molar-refractivity contribution >= 4 is 18.1 Å². The molecule has 0 aromatic heterocycles. The van der Waals surface area contributed by atoms with Gasteiger partial charge in [0.05, 0.1) is 11.0 Å². The summed E-state index contributed by atoms with van der Waals surface area (Å²) in [6, 6.07) is 12.4. The van der Waals surface area contributed by atoms with Gasteiger partial charge in [0.15, 0.2) is 0 Å². The zero-order chi connectivity index (χ0) is 12.0. The number of nitrogens with two attached hydrogens (primary N) is 1. The van der Waals surface area contributed by atoms with Crippen molar-refractivity contribution in [1.29, 1.82) is 0 Å². The minimum atomic E-state index is -0.393. The average Bonchev–Trinajstić information content (AvgIpc) is 2.64. The molecular weight excluding hydrogens is 252 g/mol. The highest BCUT2D eigenvalue weighted by Crippen LogP contribution is 2.43. The second-order valence-corrected chi connectivity index (χ2v) is 4.09. The second kappa shape index (κ2) is 4.40. The van der Waals surface area contributed by atoms with Crippen LogP contribution in [0.5, 0.6) is 0 Å². The minimum Gasteiger partial charge on any atom is -0.320 e. The van der Waals surface area contributed by atoms with E-state index in [1.54, 1.807) is 12.1 Å². The summed E-state index contributed by atoms with van der Waals surface area (Å²) in [5.41, 5.74) is 10.1. The van der Waals surface area contributed by atoms with Crippen molar-refractivity contribution in [2.24, 2.45) is 5.73 Å². The first-order valence-electron chi connectivity index (χ1n) is 5.31. The maximum Gasteiger partial charge on any atom is 0.269 e. The van der Waals surface area contributed by atoms with Gasteiger partial charge in [0, 0.05) is 12.1 Å². The summed E-state index contributed by atoms with van der Waals surface area (Å²) in [5, 5.41) is 10.7. The van der Waals surface area contributed by atoms with Gasteiger partial charge in [-0.25, -0.2) is 0 Å². The lowest BCUT2D eigenvalue weighted by molar-refractivity contribution is -0.384. The lowest BCUT2D eigenvalue weighted by Gasteiger charge is -2.05. The van der Waals surface area contributed by atoms with E-state index in [-0.39, 0.29) is 24.1 Å². The van der Waals surface area contributed by atoms with Crippen molar-refractivity contribution in [3.8, 4) is 11.1 Å². The Hall–Kier alpha value is -1.91. The molecule has 1 atom stereocenters. The summed E-state index contributed by atoms with van der Waals surface area (Å²) >= 11 is 0. The molecule has 2 aromatic rings. The fourth-order valence-corrected chi connectivity index (χ4v) is 2.35. The number of benzene rings is 2. The largest absolute Gasteiger partial charge is 0.320 e. The van der Waals surface area contributed by atoms with Crippen LogP contribution in [0.3, 0.4) is 0 Å². The van der Waals surface area contributed by atoms with E-state index >= 15 is 0 Å². The Labute approximate surface area is 110 Å². The summed E-state index contributed by atoms with van der Waals surface area (Å²) in [6.45, 7) is 0. The molecule has 18 heavy (non-hydrogen) atoms. The maximum atomic E-state index is 10.7. The Kier molecular flexibility index (Phi) is 3.07. The first-order valence-corrected chi connectivity index (χ1v) is 5.31. The Morgan fingerprint density at radius 1 is 1.06 bits per heavy atom. The van der Waals surface area contributed by atoms with E-state index < -0.39 is 4.92 Å². The fourth-order valence-electron chi connectivity index (χ4n) is 2.35. The van der Waals surface area contributed by atoms with E-state index in [1.165, 1.54) is 6.07 Å². The fraction of sp³-hybridized carbons (Fsp3) is 0.0769. The van der Waals surface area contributed by atoms with Gasteiger partial charge in [-0.3, -0.25) is 10.1 Å². The number of fused-ring (bicyclic) bond motifs is 3. The Morgan fingerprint density at radius 3 is 2.44 bits per heavy atom. The van der Waals surface area contributed by atoms with Gasteiger partial charge in [-0.1, -0.05) is 24.3 Å². The van der Waals surface area contributed by atoms with Gasteiger partial charge < -0.3 is 5.73 Å². The molecule has 0 amide bonds. The maximum absolute atomic E-state index is 10.7. The third-order valence-corrected chi connectivity index (χ3v) is 3.17. The number of nitro groups is 1. The Balaban J connectivity index is 0.00000120. The zero-order valence-corrected chi connectivity index (χ0v) is 10.2. The van der Waals surface area contributed by atoms with Gasteiger partial charge in [-0.2, -0.15) is 0 Å². The van der Waals surface area contributed by atoms with Gasteiger partial charge in [0.2, 0.25) is 0 Å². The smallest absolute Gasteiger partial charge is 0.269 e. The quantitative estimate of drug-likeness (QED) is 0.634. The van der Waals surface area contributed by atoms with Crippen molar-refractivity contribution in [3.63, 3.8) is 0 Å². The van der Waals surface area contributed by atoms with Crippen molar-refractivity contribution < 1.29 is 4.92 Å². The molecule has 0 radical (unpaired) electrons. The number of nitro benzene ring substituents is 1. The van der Waals surface area contributed by atoms with E-state index in [2.05, 4.69) is 0 Å². The number of nitrogens with zero attached hydrogens (tertiary/aromatic N) is 1. The minimum absolute atomic E-state index is 0. The number of hydrogen-bond donors (Lipinski definition) is 1. The zero-order valence-electron chi connectivity index (χ0n) is 9.37. The van der Waals surface area contributed by atoms with Gasteiger partial charge >= 0.3 is 0 Å². The molecule has 2 N–H and O–H groups in total. The molecular formula is C13H11ClN2O2. The van der Waals surface area contributed by atoms with Crippen LogP contribution in [0, 0.1) is 10.1 Å². The average molecular weight is 263 g/mol. The molecule has 0 fully saturated rings. The SMILES string of the molecule is Cl.NC1c2ccccc2-c2ccc([N+](=O)[O-])cc21. The highest BCUT2D eigenvalue weighted by molar-refractivity contribution is 5.85. The summed E-state index contributed by atoms with van der Waals surface area (Å²) in [6.07, 6.45) is 0. The Morgan fingerprint density at radius 2 is 1.72 bits per heavy atom. The second-order valence-electron chi connectivity index (χ2n) is 4.09. The highest BCUT2D eigenvalue weighted by Gasteiger charge is 2.27. The molecule has 0 saturated carbocycles.